The van der Waals surface area contributed by atoms with Gasteiger partial charge in [0.2, 0.25) is 0 Å². The molecule has 1 aliphatic heterocycles. The summed E-state index contributed by atoms with van der Waals surface area (Å²) in [5.41, 5.74) is 0.379. The third kappa shape index (κ3) is 3.33. The van der Waals surface area contributed by atoms with Crippen LogP contribution in [0.1, 0.15) is 0 Å². The lowest BCUT2D eigenvalue weighted by molar-refractivity contribution is 0.362. The standard InChI is InChI=1S/C9H12BrClN4O2S/c10-8-5-7(6-13-9(8)11)14-18(16,17)15-3-1-12-2-4-15/h5-6,12,14H,1-4H2. The van der Waals surface area contributed by atoms with Gasteiger partial charge < -0.3 is 5.32 Å². The molecule has 2 rings (SSSR count). The summed E-state index contributed by atoms with van der Waals surface area (Å²) in [6.07, 6.45) is 1.38. The molecule has 9 heteroatoms. The number of hydrogen-bond donors (Lipinski definition) is 2. The number of anilines is 1. The van der Waals surface area contributed by atoms with Crippen molar-refractivity contribution >= 4 is 43.4 Å². The molecule has 1 fully saturated rings. The van der Waals surface area contributed by atoms with Crippen molar-refractivity contribution < 1.29 is 8.42 Å². The van der Waals surface area contributed by atoms with Crippen molar-refractivity contribution in [1.29, 1.82) is 0 Å². The summed E-state index contributed by atoms with van der Waals surface area (Å²) in [6, 6.07) is 1.58. The number of hydrogen-bond acceptors (Lipinski definition) is 4. The van der Waals surface area contributed by atoms with Gasteiger partial charge in [-0.2, -0.15) is 12.7 Å². The Bertz CT molecular complexity index is 533. The predicted octanol–water partition coefficient (Wildman–Crippen LogP) is 1.06. The number of nitrogens with one attached hydrogen (secondary N) is 2. The first-order valence-electron chi connectivity index (χ1n) is 5.29. The minimum Gasteiger partial charge on any atom is -0.314 e. The van der Waals surface area contributed by atoms with Gasteiger partial charge in [0, 0.05) is 26.2 Å². The monoisotopic (exact) mass is 354 g/mol. The highest BCUT2D eigenvalue weighted by atomic mass is 79.9. The molecule has 0 atom stereocenters. The van der Waals surface area contributed by atoms with Crippen molar-refractivity contribution in [1.82, 2.24) is 14.6 Å². The molecule has 0 aromatic carbocycles. The zero-order valence-electron chi connectivity index (χ0n) is 9.36. The quantitative estimate of drug-likeness (QED) is 0.795. The summed E-state index contributed by atoms with van der Waals surface area (Å²) >= 11 is 8.94. The summed E-state index contributed by atoms with van der Waals surface area (Å²) in [6.45, 7) is 2.22. The van der Waals surface area contributed by atoms with E-state index < -0.39 is 10.2 Å². The van der Waals surface area contributed by atoms with Crippen molar-refractivity contribution in [2.45, 2.75) is 0 Å². The third-order valence-corrected chi connectivity index (χ3v) is 5.13. The van der Waals surface area contributed by atoms with E-state index in [1.807, 2.05) is 0 Å². The number of aromatic nitrogens is 1. The normalized spacial score (nSPS) is 17.7. The van der Waals surface area contributed by atoms with Gasteiger partial charge >= 0.3 is 10.2 Å². The second kappa shape index (κ2) is 5.70. The Morgan fingerprint density at radius 1 is 1.44 bits per heavy atom. The van der Waals surface area contributed by atoms with Gasteiger partial charge in [-0.25, -0.2) is 4.98 Å². The highest BCUT2D eigenvalue weighted by molar-refractivity contribution is 9.10. The van der Waals surface area contributed by atoms with E-state index in [2.05, 4.69) is 31.0 Å². The van der Waals surface area contributed by atoms with Gasteiger partial charge in [0.1, 0.15) is 5.15 Å². The fraction of sp³-hybridized carbons (Fsp3) is 0.444. The average molecular weight is 356 g/mol. The molecule has 2 N–H and O–H groups in total. The van der Waals surface area contributed by atoms with Crippen LogP contribution in [0.3, 0.4) is 0 Å². The van der Waals surface area contributed by atoms with Crippen molar-refractivity contribution in [3.63, 3.8) is 0 Å². The Morgan fingerprint density at radius 3 is 2.72 bits per heavy atom. The number of nitrogens with zero attached hydrogens (tertiary/aromatic N) is 2. The van der Waals surface area contributed by atoms with Crippen LogP contribution < -0.4 is 10.0 Å². The fourth-order valence-electron chi connectivity index (χ4n) is 1.58. The van der Waals surface area contributed by atoms with Gasteiger partial charge in [0.05, 0.1) is 16.4 Å². The molecule has 1 aromatic heterocycles. The van der Waals surface area contributed by atoms with Crippen LogP contribution in [0.5, 0.6) is 0 Å². The van der Waals surface area contributed by atoms with Crippen LogP contribution in [0.2, 0.25) is 5.15 Å². The van der Waals surface area contributed by atoms with Crippen LogP contribution in [-0.2, 0) is 10.2 Å². The summed E-state index contributed by atoms with van der Waals surface area (Å²) < 4.78 is 28.5. The van der Waals surface area contributed by atoms with Crippen molar-refractivity contribution in [3.8, 4) is 0 Å². The molecule has 0 unspecified atom stereocenters. The van der Waals surface area contributed by atoms with Gasteiger partial charge in [0.25, 0.3) is 0 Å². The van der Waals surface area contributed by atoms with Gasteiger partial charge in [-0.1, -0.05) is 11.6 Å². The molecule has 0 aliphatic carbocycles. The van der Waals surface area contributed by atoms with E-state index in [0.717, 1.165) is 0 Å². The summed E-state index contributed by atoms with van der Waals surface area (Å²) in [7, 11) is -3.53. The molecule has 18 heavy (non-hydrogen) atoms. The van der Waals surface area contributed by atoms with Crippen LogP contribution >= 0.6 is 27.5 Å². The molecule has 0 bridgehead atoms. The van der Waals surface area contributed by atoms with Crippen LogP contribution in [0, 0.1) is 0 Å². The molecule has 0 radical (unpaired) electrons. The maximum Gasteiger partial charge on any atom is 0.301 e. The summed E-state index contributed by atoms with van der Waals surface area (Å²) in [4.78, 5) is 3.87. The van der Waals surface area contributed by atoms with Crippen LogP contribution in [0.25, 0.3) is 0 Å². The van der Waals surface area contributed by atoms with E-state index in [1.54, 1.807) is 6.07 Å². The van der Waals surface area contributed by atoms with Gasteiger partial charge in [-0.3, -0.25) is 4.72 Å². The molecule has 0 amide bonds. The summed E-state index contributed by atoms with van der Waals surface area (Å²) in [5.74, 6) is 0. The molecule has 2 heterocycles. The minimum atomic E-state index is -3.53. The lowest BCUT2D eigenvalue weighted by Crippen LogP contribution is -2.48. The highest BCUT2D eigenvalue weighted by Gasteiger charge is 2.23. The zero-order valence-corrected chi connectivity index (χ0v) is 12.5. The Labute approximate surface area is 119 Å². The van der Waals surface area contributed by atoms with Gasteiger partial charge in [-0.05, 0) is 22.0 Å². The van der Waals surface area contributed by atoms with Crippen LogP contribution in [-0.4, -0.2) is 43.9 Å². The Kier molecular flexibility index (Phi) is 4.44. The van der Waals surface area contributed by atoms with E-state index in [1.165, 1.54) is 10.5 Å². The SMILES string of the molecule is O=S(=O)(Nc1cnc(Cl)c(Br)c1)N1CCNCC1. The number of piperazine rings is 1. The lowest BCUT2D eigenvalue weighted by atomic mass is 10.4. The third-order valence-electron chi connectivity index (χ3n) is 2.46. The van der Waals surface area contributed by atoms with Gasteiger partial charge in [-0.15, -0.1) is 0 Å². The molecule has 1 aromatic rings. The van der Waals surface area contributed by atoms with E-state index in [-0.39, 0.29) is 0 Å². The Hall–Kier alpha value is -0.410. The summed E-state index contributed by atoms with van der Waals surface area (Å²) in [5, 5.41) is 3.39. The minimum absolute atomic E-state index is 0.292. The maximum absolute atomic E-state index is 12.1. The predicted molar refractivity (Wildman–Crippen MR) is 73.9 cm³/mol. The fourth-order valence-corrected chi connectivity index (χ4v) is 3.23. The smallest absolute Gasteiger partial charge is 0.301 e. The molecular weight excluding hydrogens is 344 g/mol. The molecular formula is C9H12BrClN4O2S. The van der Waals surface area contributed by atoms with Crippen molar-refractivity contribution in [3.05, 3.63) is 21.9 Å². The van der Waals surface area contributed by atoms with E-state index in [0.29, 0.717) is 41.5 Å². The van der Waals surface area contributed by atoms with Crippen LogP contribution in [0.4, 0.5) is 5.69 Å². The Morgan fingerprint density at radius 2 is 2.11 bits per heavy atom. The molecule has 0 saturated carbocycles. The molecule has 6 nitrogen and oxygen atoms in total. The number of rotatable bonds is 3. The van der Waals surface area contributed by atoms with Crippen molar-refractivity contribution in [2.75, 3.05) is 30.9 Å². The molecule has 1 saturated heterocycles. The Balaban J connectivity index is 2.13. The second-order valence-electron chi connectivity index (χ2n) is 3.75. The molecule has 100 valence electrons. The number of pyridine rings is 1. The van der Waals surface area contributed by atoms with Gasteiger partial charge in [0.15, 0.2) is 0 Å². The first-order valence-corrected chi connectivity index (χ1v) is 7.90. The largest absolute Gasteiger partial charge is 0.314 e. The topological polar surface area (TPSA) is 74.3 Å². The second-order valence-corrected chi connectivity index (χ2v) is 6.64. The van der Waals surface area contributed by atoms with Crippen LogP contribution in [0.15, 0.2) is 16.7 Å². The lowest BCUT2D eigenvalue weighted by Gasteiger charge is -2.26. The first kappa shape index (κ1) is 14.0. The van der Waals surface area contributed by atoms with E-state index >= 15 is 0 Å². The van der Waals surface area contributed by atoms with Crippen molar-refractivity contribution in [2.24, 2.45) is 0 Å². The number of halogens is 2. The maximum atomic E-state index is 12.1. The average Bonchev–Trinajstić information content (AvgIpc) is 2.35. The first-order chi connectivity index (χ1) is 8.49. The zero-order chi connectivity index (χ0) is 13.2. The van der Waals surface area contributed by atoms with E-state index in [9.17, 15) is 8.42 Å². The molecule has 0 spiro atoms. The van der Waals surface area contributed by atoms with E-state index in [4.69, 9.17) is 11.6 Å². The highest BCUT2D eigenvalue weighted by Crippen LogP contribution is 2.23. The molecule has 1 aliphatic rings.